The van der Waals surface area contributed by atoms with Gasteiger partial charge in [0.25, 0.3) is 0 Å². The number of hydrogen-bond acceptors (Lipinski definition) is 3. The molecule has 1 unspecified atom stereocenters. The first kappa shape index (κ1) is 6.99. The molecular weight excluding hydrogens is 114 g/mol. The van der Waals surface area contributed by atoms with Gasteiger partial charge in [0.1, 0.15) is 0 Å². The molecule has 0 radical (unpaired) electrons. The average molecular weight is 129 g/mol. The van der Waals surface area contributed by atoms with Crippen molar-refractivity contribution in [3.05, 3.63) is 0 Å². The summed E-state index contributed by atoms with van der Waals surface area (Å²) in [6.45, 7) is 3.23. The van der Waals surface area contributed by atoms with Crippen LogP contribution in [0.2, 0.25) is 0 Å². The molecule has 1 heterocycles. The van der Waals surface area contributed by atoms with Gasteiger partial charge in [0.05, 0.1) is 6.17 Å². The second-order valence-electron chi connectivity index (χ2n) is 2.81. The Bertz CT molecular complexity index is 94.3. The van der Waals surface area contributed by atoms with Gasteiger partial charge in [-0.1, -0.05) is 0 Å². The molecule has 54 valence electrons. The van der Waals surface area contributed by atoms with E-state index in [1.165, 1.54) is 0 Å². The Labute approximate surface area is 56.4 Å². The van der Waals surface area contributed by atoms with Crippen molar-refractivity contribution in [2.45, 2.75) is 6.17 Å². The summed E-state index contributed by atoms with van der Waals surface area (Å²) in [5, 5.41) is 0. The molecule has 3 heteroatoms. The number of piperazine rings is 1. The molecule has 0 aromatic carbocycles. The Balaban J connectivity index is 2.35. The van der Waals surface area contributed by atoms with E-state index >= 15 is 0 Å². The van der Waals surface area contributed by atoms with Crippen LogP contribution in [0.1, 0.15) is 0 Å². The van der Waals surface area contributed by atoms with E-state index in [1.54, 1.807) is 0 Å². The van der Waals surface area contributed by atoms with Gasteiger partial charge >= 0.3 is 0 Å². The molecular formula is C6H15N3. The Morgan fingerprint density at radius 2 is 2.00 bits per heavy atom. The first-order valence-corrected chi connectivity index (χ1v) is 3.34. The van der Waals surface area contributed by atoms with Crippen molar-refractivity contribution in [2.75, 3.05) is 33.7 Å². The van der Waals surface area contributed by atoms with Gasteiger partial charge in [-0.05, 0) is 14.1 Å². The smallest absolute Gasteiger partial charge is 0.0700 e. The maximum atomic E-state index is 5.75. The summed E-state index contributed by atoms with van der Waals surface area (Å²) in [5.41, 5.74) is 5.75. The number of likely N-dealkylation sites (N-methyl/N-ethyl adjacent to an activating group) is 2. The van der Waals surface area contributed by atoms with E-state index in [0.29, 0.717) is 0 Å². The molecule has 0 spiro atoms. The van der Waals surface area contributed by atoms with Crippen molar-refractivity contribution in [3.8, 4) is 0 Å². The SMILES string of the molecule is CN1CCN(C)C(N)C1. The molecule has 1 aliphatic rings. The Morgan fingerprint density at radius 3 is 2.44 bits per heavy atom. The first-order valence-electron chi connectivity index (χ1n) is 3.34. The van der Waals surface area contributed by atoms with Crippen LogP contribution in [0.3, 0.4) is 0 Å². The van der Waals surface area contributed by atoms with Gasteiger partial charge in [-0.15, -0.1) is 0 Å². The molecule has 0 amide bonds. The van der Waals surface area contributed by atoms with Crippen LogP contribution in [0.25, 0.3) is 0 Å². The molecule has 0 saturated carbocycles. The summed E-state index contributed by atoms with van der Waals surface area (Å²) >= 11 is 0. The van der Waals surface area contributed by atoms with E-state index < -0.39 is 0 Å². The van der Waals surface area contributed by atoms with Crippen LogP contribution in [0, 0.1) is 0 Å². The highest BCUT2D eigenvalue weighted by atomic mass is 15.3. The summed E-state index contributed by atoms with van der Waals surface area (Å²) in [6, 6.07) is 0. The van der Waals surface area contributed by atoms with Gasteiger partial charge in [0, 0.05) is 19.6 Å². The molecule has 0 aromatic heterocycles. The van der Waals surface area contributed by atoms with E-state index in [-0.39, 0.29) is 6.17 Å². The minimum Gasteiger partial charge on any atom is -0.315 e. The van der Waals surface area contributed by atoms with Crippen molar-refractivity contribution in [3.63, 3.8) is 0 Å². The van der Waals surface area contributed by atoms with Gasteiger partial charge in [0.15, 0.2) is 0 Å². The number of hydrogen-bond donors (Lipinski definition) is 1. The van der Waals surface area contributed by atoms with Crippen molar-refractivity contribution in [1.29, 1.82) is 0 Å². The minimum atomic E-state index is 0.240. The normalized spacial score (nSPS) is 33.0. The highest BCUT2D eigenvalue weighted by Gasteiger charge is 2.17. The number of nitrogens with two attached hydrogens (primary N) is 1. The number of nitrogens with zero attached hydrogens (tertiary/aromatic N) is 2. The van der Waals surface area contributed by atoms with E-state index in [4.69, 9.17) is 5.73 Å². The lowest BCUT2D eigenvalue weighted by Gasteiger charge is -2.35. The fourth-order valence-corrected chi connectivity index (χ4v) is 1.04. The predicted molar refractivity (Wildman–Crippen MR) is 38.1 cm³/mol. The van der Waals surface area contributed by atoms with Gasteiger partial charge in [0.2, 0.25) is 0 Å². The third kappa shape index (κ3) is 1.64. The second kappa shape index (κ2) is 2.64. The van der Waals surface area contributed by atoms with Gasteiger partial charge in [-0.2, -0.15) is 0 Å². The molecule has 1 saturated heterocycles. The summed E-state index contributed by atoms with van der Waals surface area (Å²) in [5.74, 6) is 0. The van der Waals surface area contributed by atoms with Crippen molar-refractivity contribution >= 4 is 0 Å². The third-order valence-corrected chi connectivity index (χ3v) is 1.90. The molecule has 0 bridgehead atoms. The van der Waals surface area contributed by atoms with Crippen LogP contribution in [0.15, 0.2) is 0 Å². The monoisotopic (exact) mass is 129 g/mol. The zero-order valence-electron chi connectivity index (χ0n) is 6.17. The first-order chi connectivity index (χ1) is 4.20. The van der Waals surface area contributed by atoms with Crippen molar-refractivity contribution < 1.29 is 0 Å². The fourth-order valence-electron chi connectivity index (χ4n) is 1.04. The largest absolute Gasteiger partial charge is 0.315 e. The molecule has 3 nitrogen and oxygen atoms in total. The lowest BCUT2D eigenvalue weighted by atomic mass is 10.3. The molecule has 0 aromatic rings. The highest BCUT2D eigenvalue weighted by Crippen LogP contribution is 1.98. The summed E-state index contributed by atoms with van der Waals surface area (Å²) in [4.78, 5) is 4.44. The van der Waals surface area contributed by atoms with E-state index in [0.717, 1.165) is 19.6 Å². The maximum Gasteiger partial charge on any atom is 0.0700 e. The lowest BCUT2D eigenvalue weighted by molar-refractivity contribution is 0.118. The quantitative estimate of drug-likeness (QED) is 0.462. The summed E-state index contributed by atoms with van der Waals surface area (Å²) in [7, 11) is 4.17. The van der Waals surface area contributed by atoms with Crippen LogP contribution in [-0.4, -0.2) is 49.7 Å². The van der Waals surface area contributed by atoms with Crippen molar-refractivity contribution in [1.82, 2.24) is 9.80 Å². The fraction of sp³-hybridized carbons (Fsp3) is 1.00. The van der Waals surface area contributed by atoms with Crippen LogP contribution in [0.4, 0.5) is 0 Å². The van der Waals surface area contributed by atoms with Gasteiger partial charge in [-0.3, -0.25) is 4.90 Å². The predicted octanol–water partition coefficient (Wildman–Crippen LogP) is -0.852. The average Bonchev–Trinajstić information content (AvgIpc) is 1.80. The Morgan fingerprint density at radius 1 is 1.33 bits per heavy atom. The minimum absolute atomic E-state index is 0.240. The summed E-state index contributed by atoms with van der Waals surface area (Å²) in [6.07, 6.45) is 0.240. The molecule has 2 N–H and O–H groups in total. The van der Waals surface area contributed by atoms with Crippen LogP contribution >= 0.6 is 0 Å². The Kier molecular flexibility index (Phi) is 2.05. The van der Waals surface area contributed by atoms with Gasteiger partial charge < -0.3 is 10.6 Å². The van der Waals surface area contributed by atoms with Crippen LogP contribution in [-0.2, 0) is 0 Å². The topological polar surface area (TPSA) is 32.5 Å². The van der Waals surface area contributed by atoms with E-state index in [1.807, 2.05) is 0 Å². The molecule has 0 aliphatic carbocycles. The molecule has 1 fully saturated rings. The molecule has 1 rings (SSSR count). The third-order valence-electron chi connectivity index (χ3n) is 1.90. The lowest BCUT2D eigenvalue weighted by Crippen LogP contribution is -2.54. The maximum absolute atomic E-state index is 5.75. The van der Waals surface area contributed by atoms with E-state index in [9.17, 15) is 0 Å². The molecule has 1 atom stereocenters. The van der Waals surface area contributed by atoms with Gasteiger partial charge in [-0.25, -0.2) is 0 Å². The standard InChI is InChI=1S/C6H15N3/c1-8-3-4-9(2)6(7)5-8/h6H,3-5,7H2,1-2H3. The highest BCUT2D eigenvalue weighted by molar-refractivity contribution is 4.72. The van der Waals surface area contributed by atoms with Crippen LogP contribution in [0.5, 0.6) is 0 Å². The zero-order valence-corrected chi connectivity index (χ0v) is 6.17. The number of rotatable bonds is 0. The van der Waals surface area contributed by atoms with E-state index in [2.05, 4.69) is 23.9 Å². The molecule has 1 aliphatic heterocycles. The Hall–Kier alpha value is -0.120. The molecule has 9 heavy (non-hydrogen) atoms. The zero-order chi connectivity index (χ0) is 6.85. The van der Waals surface area contributed by atoms with Crippen molar-refractivity contribution in [2.24, 2.45) is 5.73 Å². The second-order valence-corrected chi connectivity index (χ2v) is 2.81. The van der Waals surface area contributed by atoms with Crippen LogP contribution < -0.4 is 5.73 Å². The summed E-state index contributed by atoms with van der Waals surface area (Å²) < 4.78 is 0.